The molecule has 1 N–H and O–H groups in total. The molecule has 0 saturated carbocycles. The summed E-state index contributed by atoms with van der Waals surface area (Å²) in [6, 6.07) is 12.4. The van der Waals surface area contributed by atoms with Gasteiger partial charge in [-0.25, -0.2) is 4.98 Å². The third-order valence-corrected chi connectivity index (χ3v) is 7.62. The van der Waals surface area contributed by atoms with Gasteiger partial charge in [0.05, 0.1) is 17.4 Å². The summed E-state index contributed by atoms with van der Waals surface area (Å²) in [5.41, 5.74) is 1.88. The van der Waals surface area contributed by atoms with Gasteiger partial charge in [-0.05, 0) is 36.6 Å². The fourth-order valence-corrected chi connectivity index (χ4v) is 5.41. The van der Waals surface area contributed by atoms with Crippen LogP contribution in [0.4, 0.5) is 13.2 Å². The van der Waals surface area contributed by atoms with Gasteiger partial charge in [-0.1, -0.05) is 41.9 Å². The number of nitrogens with zero attached hydrogens (tertiary/aromatic N) is 5. The molecular weight excluding hydrogens is 533 g/mol. The van der Waals surface area contributed by atoms with Crippen LogP contribution >= 0.6 is 11.6 Å². The van der Waals surface area contributed by atoms with Crippen LogP contribution in [0.25, 0.3) is 11.0 Å². The Morgan fingerprint density at radius 1 is 1.13 bits per heavy atom. The van der Waals surface area contributed by atoms with Crippen LogP contribution in [0, 0.1) is 6.92 Å². The number of hydrogen-bond acceptors (Lipinski definition) is 4. The first-order valence-electron chi connectivity index (χ1n) is 12.3. The van der Waals surface area contributed by atoms with Crippen LogP contribution < -0.4 is 5.32 Å². The third kappa shape index (κ3) is 4.98. The summed E-state index contributed by atoms with van der Waals surface area (Å²) in [4.78, 5) is 32.9. The Balaban J connectivity index is 1.43. The molecule has 0 radical (unpaired) electrons. The summed E-state index contributed by atoms with van der Waals surface area (Å²) in [6.07, 6.45) is -2.81. The Kier molecular flexibility index (Phi) is 6.88. The highest BCUT2D eigenvalue weighted by Gasteiger charge is 2.42. The van der Waals surface area contributed by atoms with Crippen LogP contribution in [0.15, 0.2) is 48.8 Å². The molecule has 3 heterocycles. The first-order valence-corrected chi connectivity index (χ1v) is 12.7. The van der Waals surface area contributed by atoms with Gasteiger partial charge >= 0.3 is 6.18 Å². The first kappa shape index (κ1) is 26.7. The highest BCUT2D eigenvalue weighted by molar-refractivity contribution is 6.33. The zero-order chi connectivity index (χ0) is 28.1. The SMILES string of the molecule is Cc1cc(C(=O)N2CC[C@@H](NC(=O)c3c(C(F)(F)F)nn(C)c3Cl)[C@@H](c3ccccc3)C2)cc2c1ncn2C. The second-order valence-corrected chi connectivity index (χ2v) is 10.1. The van der Waals surface area contributed by atoms with Crippen molar-refractivity contribution in [3.8, 4) is 0 Å². The van der Waals surface area contributed by atoms with Gasteiger partial charge in [0.1, 0.15) is 10.7 Å². The number of nitrogens with one attached hydrogen (secondary N) is 1. The fourth-order valence-electron chi connectivity index (χ4n) is 5.20. The van der Waals surface area contributed by atoms with Crippen LogP contribution in [-0.2, 0) is 20.3 Å². The summed E-state index contributed by atoms with van der Waals surface area (Å²) < 4.78 is 43.5. The average Bonchev–Trinajstić information content (AvgIpc) is 3.43. The van der Waals surface area contributed by atoms with Gasteiger partial charge in [0.2, 0.25) is 0 Å². The number of imidazole rings is 1. The molecule has 8 nitrogen and oxygen atoms in total. The Bertz CT molecular complexity index is 1560. The van der Waals surface area contributed by atoms with Gasteiger partial charge in [0.15, 0.2) is 5.69 Å². The van der Waals surface area contributed by atoms with E-state index in [-0.39, 0.29) is 18.4 Å². The number of rotatable bonds is 4. The summed E-state index contributed by atoms with van der Waals surface area (Å²) in [6.45, 7) is 2.48. The van der Waals surface area contributed by atoms with Crippen molar-refractivity contribution in [2.24, 2.45) is 14.1 Å². The van der Waals surface area contributed by atoms with Crippen molar-refractivity contribution in [2.45, 2.75) is 31.5 Å². The molecule has 204 valence electrons. The number of piperidine rings is 1. The molecule has 1 saturated heterocycles. The minimum Gasteiger partial charge on any atom is -0.348 e. The summed E-state index contributed by atoms with van der Waals surface area (Å²) in [5.74, 6) is -1.48. The van der Waals surface area contributed by atoms with Gasteiger partial charge in [-0.2, -0.15) is 18.3 Å². The van der Waals surface area contributed by atoms with E-state index in [4.69, 9.17) is 11.6 Å². The van der Waals surface area contributed by atoms with E-state index in [9.17, 15) is 22.8 Å². The van der Waals surface area contributed by atoms with Crippen LogP contribution in [0.5, 0.6) is 0 Å². The molecule has 0 spiro atoms. The van der Waals surface area contributed by atoms with E-state index >= 15 is 0 Å². The van der Waals surface area contributed by atoms with Crippen LogP contribution in [0.1, 0.15) is 49.9 Å². The van der Waals surface area contributed by atoms with Crippen molar-refractivity contribution in [1.29, 1.82) is 0 Å². The predicted octanol–water partition coefficient (Wildman–Crippen LogP) is 4.72. The van der Waals surface area contributed by atoms with Gasteiger partial charge in [-0.15, -0.1) is 0 Å². The zero-order valence-electron chi connectivity index (χ0n) is 21.5. The maximum Gasteiger partial charge on any atom is 0.436 e. The average molecular weight is 559 g/mol. The second kappa shape index (κ2) is 10.0. The largest absolute Gasteiger partial charge is 0.436 e. The van der Waals surface area contributed by atoms with Gasteiger partial charge in [-0.3, -0.25) is 14.3 Å². The molecule has 39 heavy (non-hydrogen) atoms. The number of aryl methyl sites for hydroxylation is 3. The molecule has 2 aromatic heterocycles. The fraction of sp³-hybridized carbons (Fsp3) is 0.333. The summed E-state index contributed by atoms with van der Waals surface area (Å²) >= 11 is 6.06. The van der Waals surface area contributed by atoms with Crippen LogP contribution in [0.3, 0.4) is 0 Å². The predicted molar refractivity (Wildman–Crippen MR) is 140 cm³/mol. The topological polar surface area (TPSA) is 85.1 Å². The monoisotopic (exact) mass is 558 g/mol. The van der Waals surface area contributed by atoms with E-state index in [1.807, 2.05) is 61.0 Å². The Hall–Kier alpha value is -3.86. The minimum atomic E-state index is -4.85. The quantitative estimate of drug-likeness (QED) is 0.393. The molecule has 5 rings (SSSR count). The minimum absolute atomic E-state index is 0.165. The normalized spacial score (nSPS) is 18.0. The maximum absolute atomic E-state index is 13.6. The lowest BCUT2D eigenvalue weighted by Gasteiger charge is -2.39. The summed E-state index contributed by atoms with van der Waals surface area (Å²) in [5, 5.41) is 5.77. The van der Waals surface area contributed by atoms with E-state index in [2.05, 4.69) is 15.4 Å². The zero-order valence-corrected chi connectivity index (χ0v) is 22.2. The number of carbonyl (C=O) groups excluding carboxylic acids is 2. The van der Waals surface area contributed by atoms with E-state index in [0.29, 0.717) is 18.5 Å². The van der Waals surface area contributed by atoms with Crippen molar-refractivity contribution in [3.63, 3.8) is 0 Å². The Labute approximate surface area is 227 Å². The molecule has 4 aromatic rings. The molecule has 2 atom stereocenters. The van der Waals surface area contributed by atoms with Crippen LogP contribution in [-0.4, -0.2) is 55.2 Å². The van der Waals surface area contributed by atoms with Crippen LogP contribution in [0.2, 0.25) is 5.15 Å². The number of carbonyl (C=O) groups is 2. The molecule has 2 aromatic carbocycles. The second-order valence-electron chi connectivity index (χ2n) is 9.79. The molecule has 0 aliphatic carbocycles. The number of likely N-dealkylation sites (tertiary alicyclic amines) is 1. The molecule has 2 amide bonds. The third-order valence-electron chi connectivity index (χ3n) is 7.18. The molecule has 0 bridgehead atoms. The van der Waals surface area contributed by atoms with Crippen molar-refractivity contribution in [3.05, 3.63) is 81.9 Å². The lowest BCUT2D eigenvalue weighted by atomic mass is 9.85. The number of halogens is 4. The van der Waals surface area contributed by atoms with Crippen molar-refractivity contribution >= 4 is 34.4 Å². The van der Waals surface area contributed by atoms with Gasteiger partial charge in [0, 0.05) is 44.7 Å². The lowest BCUT2D eigenvalue weighted by Crippen LogP contribution is -2.51. The lowest BCUT2D eigenvalue weighted by molar-refractivity contribution is -0.141. The maximum atomic E-state index is 13.6. The van der Waals surface area contributed by atoms with E-state index in [1.54, 1.807) is 11.2 Å². The standard InChI is InChI=1S/C27H26ClF3N6O2/c1-15-11-17(12-20-22(15)32-14-35(20)2)26(39)37-10-9-19(18(13-37)16-7-5-4-6-8-16)33-25(38)21-23(27(29,30)31)34-36(3)24(21)28/h4-8,11-12,14,18-19H,9-10,13H2,1-3H3,(H,33,38)/t18-,19-/m1/s1. The molecule has 1 aliphatic heterocycles. The molecule has 1 fully saturated rings. The number of hydrogen-bond donors (Lipinski definition) is 1. The summed E-state index contributed by atoms with van der Waals surface area (Å²) in [7, 11) is 3.11. The molecule has 0 unspecified atom stereocenters. The van der Waals surface area contributed by atoms with Gasteiger partial charge < -0.3 is 14.8 Å². The Morgan fingerprint density at radius 3 is 2.54 bits per heavy atom. The molecule has 12 heteroatoms. The Morgan fingerprint density at radius 2 is 1.85 bits per heavy atom. The number of benzene rings is 2. The van der Waals surface area contributed by atoms with Crippen molar-refractivity contribution in [2.75, 3.05) is 13.1 Å². The number of alkyl halides is 3. The first-order chi connectivity index (χ1) is 18.5. The van der Waals surface area contributed by atoms with Gasteiger partial charge in [0.25, 0.3) is 11.8 Å². The number of aromatic nitrogens is 4. The number of amides is 2. The number of fused-ring (bicyclic) bond motifs is 1. The van der Waals surface area contributed by atoms with E-state index < -0.39 is 34.5 Å². The highest BCUT2D eigenvalue weighted by Crippen LogP contribution is 2.35. The highest BCUT2D eigenvalue weighted by atomic mass is 35.5. The molecular formula is C27H26ClF3N6O2. The van der Waals surface area contributed by atoms with Crippen molar-refractivity contribution < 1.29 is 22.8 Å². The van der Waals surface area contributed by atoms with E-state index in [1.165, 1.54) is 7.05 Å². The van der Waals surface area contributed by atoms with E-state index in [0.717, 1.165) is 26.8 Å². The van der Waals surface area contributed by atoms with Crippen molar-refractivity contribution in [1.82, 2.24) is 29.5 Å². The molecule has 1 aliphatic rings. The smallest absolute Gasteiger partial charge is 0.348 e.